The maximum Gasteiger partial charge on any atom is 0.137 e. The maximum atomic E-state index is 14.9. The summed E-state index contributed by atoms with van der Waals surface area (Å²) in [5.41, 5.74) is 1.56. The van der Waals surface area contributed by atoms with Crippen molar-refractivity contribution in [3.05, 3.63) is 88.0 Å². The lowest BCUT2D eigenvalue weighted by molar-refractivity contribution is -0.0111. The van der Waals surface area contributed by atoms with E-state index in [1.54, 1.807) is 31.2 Å². The van der Waals surface area contributed by atoms with E-state index < -0.39 is 17.3 Å². The van der Waals surface area contributed by atoms with Crippen LogP contribution in [0.2, 0.25) is 0 Å². The fraction of sp³-hybridized carbons (Fsp3) is 0.217. The lowest BCUT2D eigenvalue weighted by atomic mass is 9.81. The van der Waals surface area contributed by atoms with Gasteiger partial charge in [0.1, 0.15) is 24.1 Å². The highest BCUT2D eigenvalue weighted by molar-refractivity contribution is 7.10. The van der Waals surface area contributed by atoms with Crippen molar-refractivity contribution in [1.29, 1.82) is 5.26 Å². The summed E-state index contributed by atoms with van der Waals surface area (Å²) in [5, 5.41) is 27.4. The van der Waals surface area contributed by atoms with Crippen LogP contribution in [0.3, 0.4) is 0 Å². The summed E-state index contributed by atoms with van der Waals surface area (Å²) >= 11 is 1.40. The number of aromatic nitrogens is 4. The zero-order chi connectivity index (χ0) is 22.0. The van der Waals surface area contributed by atoms with Crippen molar-refractivity contribution in [3.63, 3.8) is 0 Å². The summed E-state index contributed by atoms with van der Waals surface area (Å²) in [6.07, 6.45) is 2.87. The molecular formula is C23H20FN5OS. The van der Waals surface area contributed by atoms with Crippen molar-refractivity contribution >= 4 is 11.3 Å². The summed E-state index contributed by atoms with van der Waals surface area (Å²) in [4.78, 5) is 8.65. The van der Waals surface area contributed by atoms with E-state index >= 15 is 0 Å². The van der Waals surface area contributed by atoms with E-state index in [0.29, 0.717) is 10.6 Å². The molecule has 0 saturated heterocycles. The minimum absolute atomic E-state index is 0.0277. The van der Waals surface area contributed by atoms with Gasteiger partial charge in [0.2, 0.25) is 0 Å². The Labute approximate surface area is 183 Å². The Balaban J connectivity index is 1.73. The number of aliphatic hydroxyl groups is 1. The largest absolute Gasteiger partial charge is 0.382 e. The number of thiazole rings is 1. The van der Waals surface area contributed by atoms with E-state index in [4.69, 9.17) is 10.2 Å². The lowest BCUT2D eigenvalue weighted by Gasteiger charge is -2.34. The van der Waals surface area contributed by atoms with Crippen LogP contribution in [-0.4, -0.2) is 24.9 Å². The van der Waals surface area contributed by atoms with Gasteiger partial charge in [0.05, 0.1) is 28.9 Å². The first-order valence-corrected chi connectivity index (χ1v) is 10.6. The molecule has 0 radical (unpaired) electrons. The number of rotatable bonds is 6. The van der Waals surface area contributed by atoms with Crippen LogP contribution in [0.1, 0.15) is 34.5 Å². The SMILES string of the molecule is Cc1ccc(C(O)(Cn2cncn2)C(C)c2nc(-c3ccc(C#N)cc3)cs2)c(F)c1. The Morgan fingerprint density at radius 1 is 1.26 bits per heavy atom. The van der Waals surface area contributed by atoms with Gasteiger partial charge in [-0.3, -0.25) is 0 Å². The molecule has 156 valence electrons. The van der Waals surface area contributed by atoms with Crippen LogP contribution in [-0.2, 0) is 12.1 Å². The molecule has 8 heteroatoms. The Kier molecular flexibility index (Phi) is 5.63. The molecule has 0 spiro atoms. The van der Waals surface area contributed by atoms with Crippen molar-refractivity contribution in [2.45, 2.75) is 31.9 Å². The first-order chi connectivity index (χ1) is 14.9. The third kappa shape index (κ3) is 4.10. The molecule has 31 heavy (non-hydrogen) atoms. The summed E-state index contributed by atoms with van der Waals surface area (Å²) in [6.45, 7) is 3.66. The monoisotopic (exact) mass is 433 g/mol. The second kappa shape index (κ2) is 8.38. The molecule has 0 fully saturated rings. The zero-order valence-electron chi connectivity index (χ0n) is 17.0. The maximum absolute atomic E-state index is 14.9. The molecule has 0 amide bonds. The van der Waals surface area contributed by atoms with Gasteiger partial charge in [0.15, 0.2) is 0 Å². The quantitative estimate of drug-likeness (QED) is 0.487. The lowest BCUT2D eigenvalue weighted by Crippen LogP contribution is -2.38. The minimum Gasteiger partial charge on any atom is -0.382 e. The van der Waals surface area contributed by atoms with Gasteiger partial charge in [-0.25, -0.2) is 19.0 Å². The Bertz CT molecular complexity index is 1230. The van der Waals surface area contributed by atoms with Crippen molar-refractivity contribution in [2.24, 2.45) is 0 Å². The highest BCUT2D eigenvalue weighted by Crippen LogP contribution is 2.41. The number of hydrogen-bond donors (Lipinski definition) is 1. The molecule has 0 aliphatic rings. The number of hydrogen-bond acceptors (Lipinski definition) is 6. The minimum atomic E-state index is -1.59. The molecule has 2 atom stereocenters. The van der Waals surface area contributed by atoms with Crippen molar-refractivity contribution in [3.8, 4) is 17.3 Å². The first-order valence-electron chi connectivity index (χ1n) is 9.68. The number of benzene rings is 2. The fourth-order valence-electron chi connectivity index (χ4n) is 3.53. The van der Waals surface area contributed by atoms with E-state index in [1.807, 2.05) is 24.4 Å². The Hall–Kier alpha value is -3.41. The zero-order valence-corrected chi connectivity index (χ0v) is 17.8. The van der Waals surface area contributed by atoms with E-state index in [2.05, 4.69) is 16.2 Å². The van der Waals surface area contributed by atoms with Crippen LogP contribution in [0.25, 0.3) is 11.3 Å². The standard InChI is InChI=1S/C23H20FN5OS/c1-15-3-8-19(20(24)9-15)23(30,12-29-14-26-13-27-29)16(2)22-28-21(11-31-22)18-6-4-17(10-25)5-7-18/h3-9,11,13-14,16,30H,12H2,1-2H3. The Morgan fingerprint density at radius 3 is 2.68 bits per heavy atom. The number of nitriles is 1. The van der Waals surface area contributed by atoms with Crippen molar-refractivity contribution in [1.82, 2.24) is 19.7 Å². The Morgan fingerprint density at radius 2 is 2.03 bits per heavy atom. The number of aryl methyl sites for hydroxylation is 1. The van der Waals surface area contributed by atoms with Crippen molar-refractivity contribution in [2.75, 3.05) is 0 Å². The summed E-state index contributed by atoms with van der Waals surface area (Å²) in [5.74, 6) is -0.996. The molecule has 2 unspecified atom stereocenters. The second-order valence-corrected chi connectivity index (χ2v) is 8.37. The molecule has 2 heterocycles. The molecule has 0 aliphatic carbocycles. The molecule has 0 saturated carbocycles. The van der Waals surface area contributed by atoms with Gasteiger partial charge in [-0.1, -0.05) is 31.2 Å². The second-order valence-electron chi connectivity index (χ2n) is 7.48. The van der Waals surface area contributed by atoms with Crippen LogP contribution >= 0.6 is 11.3 Å². The third-order valence-corrected chi connectivity index (χ3v) is 6.41. The number of halogens is 1. The van der Waals surface area contributed by atoms with E-state index in [-0.39, 0.29) is 12.1 Å². The van der Waals surface area contributed by atoms with Crippen molar-refractivity contribution < 1.29 is 9.50 Å². The summed E-state index contributed by atoms with van der Waals surface area (Å²) in [6, 6.07) is 14.1. The predicted octanol–water partition coefficient (Wildman–Crippen LogP) is 4.41. The van der Waals surface area contributed by atoms with Gasteiger partial charge < -0.3 is 5.11 Å². The molecule has 2 aromatic heterocycles. The van der Waals surface area contributed by atoms with Gasteiger partial charge in [-0.15, -0.1) is 11.3 Å². The van der Waals surface area contributed by atoms with Gasteiger partial charge >= 0.3 is 0 Å². The van der Waals surface area contributed by atoms with Crippen LogP contribution in [0, 0.1) is 24.1 Å². The predicted molar refractivity (Wildman–Crippen MR) is 116 cm³/mol. The molecule has 0 aliphatic heterocycles. The normalized spacial score (nSPS) is 14.0. The first kappa shape index (κ1) is 20.8. The molecule has 6 nitrogen and oxygen atoms in total. The van der Waals surface area contributed by atoms with Gasteiger partial charge in [-0.2, -0.15) is 10.4 Å². The third-order valence-electron chi connectivity index (χ3n) is 5.38. The van der Waals surface area contributed by atoms with Crippen LogP contribution in [0.4, 0.5) is 4.39 Å². The summed E-state index contributed by atoms with van der Waals surface area (Å²) in [7, 11) is 0. The van der Waals surface area contributed by atoms with Gasteiger partial charge in [0.25, 0.3) is 0 Å². The van der Waals surface area contributed by atoms with E-state index in [1.165, 1.54) is 34.7 Å². The molecule has 4 rings (SSSR count). The molecular weight excluding hydrogens is 413 g/mol. The fourth-order valence-corrected chi connectivity index (χ4v) is 4.50. The van der Waals surface area contributed by atoms with Crippen LogP contribution in [0.5, 0.6) is 0 Å². The molecule has 1 N–H and O–H groups in total. The van der Waals surface area contributed by atoms with E-state index in [9.17, 15) is 9.50 Å². The molecule has 4 aromatic rings. The van der Waals surface area contributed by atoms with Crippen LogP contribution in [0.15, 0.2) is 60.5 Å². The van der Waals surface area contributed by atoms with Crippen LogP contribution < -0.4 is 0 Å². The molecule has 0 bridgehead atoms. The number of nitrogens with zero attached hydrogens (tertiary/aromatic N) is 5. The average Bonchev–Trinajstić information content (AvgIpc) is 3.45. The van der Waals surface area contributed by atoms with Gasteiger partial charge in [0, 0.05) is 22.4 Å². The highest BCUT2D eigenvalue weighted by Gasteiger charge is 2.41. The smallest absolute Gasteiger partial charge is 0.137 e. The highest BCUT2D eigenvalue weighted by atomic mass is 32.1. The van der Waals surface area contributed by atoms with Gasteiger partial charge in [-0.05, 0) is 30.7 Å². The summed E-state index contributed by atoms with van der Waals surface area (Å²) < 4.78 is 16.4. The van der Waals surface area contributed by atoms with E-state index in [0.717, 1.165) is 16.8 Å². The topological polar surface area (TPSA) is 87.6 Å². The molecule has 2 aromatic carbocycles. The average molecular weight is 434 g/mol.